The summed E-state index contributed by atoms with van der Waals surface area (Å²) in [4.78, 5) is 14.2. The summed E-state index contributed by atoms with van der Waals surface area (Å²) in [6.07, 6.45) is 7.98. The van der Waals surface area contributed by atoms with Gasteiger partial charge in [0.15, 0.2) is 0 Å². The van der Waals surface area contributed by atoms with Crippen LogP contribution in [0, 0.1) is 0 Å². The van der Waals surface area contributed by atoms with Crippen molar-refractivity contribution < 1.29 is 4.79 Å². The van der Waals surface area contributed by atoms with Gasteiger partial charge in [-0.15, -0.1) is 0 Å². The summed E-state index contributed by atoms with van der Waals surface area (Å²) in [6.45, 7) is 0.796. The maximum Gasteiger partial charge on any atom is 0.244 e. The number of carbonyl (C=O) groups excluding carboxylic acids is 1. The summed E-state index contributed by atoms with van der Waals surface area (Å²) >= 11 is 1.95. The SMILES string of the molecule is CSC1CCC(N2CNC3(CC3)C2=O)C1. The van der Waals surface area contributed by atoms with Gasteiger partial charge in [0.2, 0.25) is 5.91 Å². The first-order chi connectivity index (χ1) is 7.25. The fraction of sp³-hybridized carbons (Fsp3) is 0.909. The van der Waals surface area contributed by atoms with E-state index in [1.54, 1.807) is 0 Å². The smallest absolute Gasteiger partial charge is 0.244 e. The van der Waals surface area contributed by atoms with E-state index in [1.807, 2.05) is 11.8 Å². The Hall–Kier alpha value is -0.220. The van der Waals surface area contributed by atoms with E-state index in [-0.39, 0.29) is 5.54 Å². The largest absolute Gasteiger partial charge is 0.325 e. The molecule has 0 aromatic carbocycles. The second kappa shape index (κ2) is 3.39. The van der Waals surface area contributed by atoms with Gasteiger partial charge in [0, 0.05) is 11.3 Å². The molecule has 3 aliphatic rings. The van der Waals surface area contributed by atoms with E-state index < -0.39 is 0 Å². The fourth-order valence-corrected chi connectivity index (χ4v) is 3.67. The quantitative estimate of drug-likeness (QED) is 0.767. The molecule has 15 heavy (non-hydrogen) atoms. The van der Waals surface area contributed by atoms with Gasteiger partial charge in [-0.1, -0.05) is 0 Å². The molecule has 3 nitrogen and oxygen atoms in total. The van der Waals surface area contributed by atoms with Crippen molar-refractivity contribution in [2.75, 3.05) is 12.9 Å². The highest BCUT2D eigenvalue weighted by molar-refractivity contribution is 7.99. The van der Waals surface area contributed by atoms with Crippen LogP contribution in [-0.4, -0.2) is 40.6 Å². The molecule has 1 aliphatic heterocycles. The number of nitrogens with one attached hydrogen (secondary N) is 1. The van der Waals surface area contributed by atoms with Crippen molar-refractivity contribution in [3.8, 4) is 0 Å². The summed E-state index contributed by atoms with van der Waals surface area (Å²) in [5, 5.41) is 4.16. The number of thioether (sulfide) groups is 1. The van der Waals surface area contributed by atoms with Crippen LogP contribution in [0.3, 0.4) is 0 Å². The molecule has 1 amide bonds. The lowest BCUT2D eigenvalue weighted by Crippen LogP contribution is -2.38. The second-order valence-corrected chi connectivity index (χ2v) is 6.15. The van der Waals surface area contributed by atoms with Crippen molar-refractivity contribution in [2.24, 2.45) is 0 Å². The third-order valence-corrected chi connectivity index (χ3v) is 5.23. The number of hydrogen-bond acceptors (Lipinski definition) is 3. The van der Waals surface area contributed by atoms with E-state index in [4.69, 9.17) is 0 Å². The van der Waals surface area contributed by atoms with Gasteiger partial charge >= 0.3 is 0 Å². The zero-order chi connectivity index (χ0) is 10.5. The van der Waals surface area contributed by atoms with Crippen LogP contribution < -0.4 is 5.32 Å². The summed E-state index contributed by atoms with van der Waals surface area (Å²) in [6, 6.07) is 0.516. The fourth-order valence-electron chi connectivity index (χ4n) is 2.88. The molecule has 4 heteroatoms. The van der Waals surface area contributed by atoms with Crippen LogP contribution in [-0.2, 0) is 4.79 Å². The zero-order valence-corrected chi connectivity index (χ0v) is 9.98. The summed E-state index contributed by atoms with van der Waals surface area (Å²) in [7, 11) is 0. The van der Waals surface area contributed by atoms with E-state index in [0.29, 0.717) is 11.9 Å². The Balaban J connectivity index is 1.66. The average molecular weight is 226 g/mol. The number of carbonyl (C=O) groups is 1. The van der Waals surface area contributed by atoms with Gasteiger partial charge in [-0.2, -0.15) is 11.8 Å². The van der Waals surface area contributed by atoms with Gasteiger partial charge in [0.05, 0.1) is 12.2 Å². The van der Waals surface area contributed by atoms with Gasteiger partial charge in [0.1, 0.15) is 0 Å². The van der Waals surface area contributed by atoms with Gasteiger partial charge < -0.3 is 4.90 Å². The molecule has 2 unspecified atom stereocenters. The van der Waals surface area contributed by atoms with E-state index in [1.165, 1.54) is 19.3 Å². The Morgan fingerprint density at radius 2 is 2.27 bits per heavy atom. The van der Waals surface area contributed by atoms with Gasteiger partial charge in [-0.3, -0.25) is 10.1 Å². The normalized spacial score (nSPS) is 37.9. The highest BCUT2D eigenvalue weighted by atomic mass is 32.2. The molecule has 84 valence electrons. The molecule has 1 N–H and O–H groups in total. The molecule has 0 aromatic heterocycles. The Labute approximate surface area is 95.0 Å². The maximum atomic E-state index is 12.1. The van der Waals surface area contributed by atoms with Crippen LogP contribution in [0.1, 0.15) is 32.1 Å². The molecule has 0 aromatic rings. The van der Waals surface area contributed by atoms with Gasteiger partial charge in [0.25, 0.3) is 0 Å². The van der Waals surface area contributed by atoms with E-state index in [0.717, 1.165) is 24.8 Å². The van der Waals surface area contributed by atoms with Crippen LogP contribution in [0.4, 0.5) is 0 Å². The Morgan fingerprint density at radius 3 is 2.80 bits per heavy atom. The minimum Gasteiger partial charge on any atom is -0.325 e. The molecule has 3 rings (SSSR count). The molecule has 1 saturated heterocycles. The lowest BCUT2D eigenvalue weighted by atomic mass is 10.2. The van der Waals surface area contributed by atoms with Crippen LogP contribution in [0.25, 0.3) is 0 Å². The van der Waals surface area contributed by atoms with Crippen molar-refractivity contribution in [2.45, 2.75) is 48.9 Å². The Kier molecular flexibility index (Phi) is 2.25. The van der Waals surface area contributed by atoms with E-state index in [2.05, 4.69) is 16.5 Å². The van der Waals surface area contributed by atoms with E-state index >= 15 is 0 Å². The predicted molar refractivity (Wildman–Crippen MR) is 61.8 cm³/mol. The van der Waals surface area contributed by atoms with Crippen LogP contribution in [0.15, 0.2) is 0 Å². The minimum atomic E-state index is -0.0998. The first-order valence-electron chi connectivity index (χ1n) is 5.84. The van der Waals surface area contributed by atoms with Crippen molar-refractivity contribution in [1.29, 1.82) is 0 Å². The highest BCUT2D eigenvalue weighted by Crippen LogP contribution is 2.43. The standard InChI is InChI=1S/C11H18N2OS/c1-15-9-3-2-8(6-9)13-7-12-11(4-5-11)10(13)14/h8-9,12H,2-7H2,1H3. The summed E-state index contributed by atoms with van der Waals surface area (Å²) in [5.41, 5.74) is -0.0998. The zero-order valence-electron chi connectivity index (χ0n) is 9.16. The topological polar surface area (TPSA) is 32.3 Å². The lowest BCUT2D eigenvalue weighted by molar-refractivity contribution is -0.131. The molecule has 1 heterocycles. The number of rotatable bonds is 2. The number of hydrogen-bond donors (Lipinski definition) is 1. The summed E-state index contributed by atoms with van der Waals surface area (Å²) in [5.74, 6) is 0.384. The molecule has 0 bridgehead atoms. The van der Waals surface area contributed by atoms with Gasteiger partial charge in [-0.05, 0) is 38.4 Å². The number of amides is 1. The highest BCUT2D eigenvalue weighted by Gasteiger charge is 2.57. The second-order valence-electron chi connectivity index (χ2n) is 5.02. The third kappa shape index (κ3) is 1.49. The Bertz CT molecular complexity index is 290. The molecular formula is C11H18N2OS. The molecule has 1 spiro atoms. The Morgan fingerprint density at radius 1 is 1.47 bits per heavy atom. The van der Waals surface area contributed by atoms with Crippen molar-refractivity contribution in [1.82, 2.24) is 10.2 Å². The maximum absolute atomic E-state index is 12.1. The molecule has 0 radical (unpaired) electrons. The molecule has 2 aliphatic carbocycles. The van der Waals surface area contributed by atoms with Crippen LogP contribution >= 0.6 is 11.8 Å². The molecule has 2 atom stereocenters. The number of nitrogens with zero attached hydrogens (tertiary/aromatic N) is 1. The van der Waals surface area contributed by atoms with Crippen molar-refractivity contribution in [3.63, 3.8) is 0 Å². The van der Waals surface area contributed by atoms with Crippen LogP contribution in [0.5, 0.6) is 0 Å². The monoisotopic (exact) mass is 226 g/mol. The third-order valence-electron chi connectivity index (χ3n) is 4.14. The van der Waals surface area contributed by atoms with Crippen molar-refractivity contribution in [3.05, 3.63) is 0 Å². The van der Waals surface area contributed by atoms with Crippen LogP contribution in [0.2, 0.25) is 0 Å². The van der Waals surface area contributed by atoms with Gasteiger partial charge in [-0.25, -0.2) is 0 Å². The lowest BCUT2D eigenvalue weighted by Gasteiger charge is -2.23. The average Bonchev–Trinajstić information content (AvgIpc) is 2.76. The first-order valence-corrected chi connectivity index (χ1v) is 7.13. The van der Waals surface area contributed by atoms with Crippen molar-refractivity contribution >= 4 is 17.7 Å². The minimum absolute atomic E-state index is 0.0998. The molecule has 3 fully saturated rings. The predicted octanol–water partition coefficient (Wildman–Crippen LogP) is 1.19. The summed E-state index contributed by atoms with van der Waals surface area (Å²) < 4.78 is 0. The molecular weight excluding hydrogens is 208 g/mol. The first kappa shape index (κ1) is 9.97. The molecule has 2 saturated carbocycles. The van der Waals surface area contributed by atoms with E-state index in [9.17, 15) is 4.79 Å².